The Morgan fingerprint density at radius 2 is 1.81 bits per heavy atom. The molecule has 27 heavy (non-hydrogen) atoms. The number of pyridine rings is 1. The molecule has 5 nitrogen and oxygen atoms in total. The zero-order valence-electron chi connectivity index (χ0n) is 16.1. The lowest BCUT2D eigenvalue weighted by molar-refractivity contribution is 0.336. The van der Waals surface area contributed by atoms with E-state index in [0.29, 0.717) is 0 Å². The van der Waals surface area contributed by atoms with Gasteiger partial charge < -0.3 is 4.74 Å². The lowest BCUT2D eigenvalue weighted by Gasteiger charge is -2.15. The Kier molecular flexibility index (Phi) is 4.75. The molecule has 0 atom stereocenters. The Morgan fingerprint density at radius 3 is 2.59 bits per heavy atom. The van der Waals surface area contributed by atoms with Crippen molar-refractivity contribution in [2.24, 2.45) is 10.3 Å². The highest BCUT2D eigenvalue weighted by molar-refractivity contribution is 5.95. The molecule has 0 spiro atoms. The molecule has 3 aromatic rings. The van der Waals surface area contributed by atoms with E-state index >= 15 is 0 Å². The molecule has 1 fully saturated rings. The molecule has 5 heteroatoms. The van der Waals surface area contributed by atoms with Gasteiger partial charge in [-0.2, -0.15) is 0 Å². The van der Waals surface area contributed by atoms with E-state index in [2.05, 4.69) is 41.3 Å². The number of ether oxygens (including phenoxy) is 1. The summed E-state index contributed by atoms with van der Waals surface area (Å²) in [4.78, 5) is 4.32. The number of aryl methyl sites for hydroxylation is 2. The van der Waals surface area contributed by atoms with E-state index < -0.39 is 0 Å². The molecule has 1 aliphatic heterocycles. The molecule has 0 saturated carbocycles. The van der Waals surface area contributed by atoms with Crippen LogP contribution in [0, 0.1) is 13.8 Å². The van der Waals surface area contributed by atoms with Crippen LogP contribution in [0.15, 0.2) is 53.1 Å². The van der Waals surface area contributed by atoms with Crippen molar-refractivity contribution in [1.29, 1.82) is 0 Å². The van der Waals surface area contributed by atoms with Crippen molar-refractivity contribution in [1.82, 2.24) is 9.99 Å². The van der Waals surface area contributed by atoms with Gasteiger partial charge >= 0.3 is 0 Å². The smallest absolute Gasteiger partial charge is 0.119 e. The molecular formula is C22H24N4O. The van der Waals surface area contributed by atoms with Crippen LogP contribution in [0.5, 0.6) is 5.75 Å². The Hall–Kier alpha value is -2.95. The maximum Gasteiger partial charge on any atom is 0.119 e. The number of hydrogen-bond donors (Lipinski definition) is 0. The topological polar surface area (TPSA) is 50.1 Å². The predicted octanol–water partition coefficient (Wildman–Crippen LogP) is 5.62. The highest BCUT2D eigenvalue weighted by Gasteiger charge is 2.14. The highest BCUT2D eigenvalue weighted by Crippen LogP contribution is 2.39. The first kappa shape index (κ1) is 17.5. The van der Waals surface area contributed by atoms with Crippen molar-refractivity contribution in [2.75, 3.05) is 20.2 Å². The van der Waals surface area contributed by atoms with Crippen LogP contribution in [0.25, 0.3) is 21.9 Å². The largest absolute Gasteiger partial charge is 0.497 e. The van der Waals surface area contributed by atoms with Gasteiger partial charge in [-0.25, -0.2) is 0 Å². The van der Waals surface area contributed by atoms with Crippen molar-refractivity contribution >= 4 is 16.5 Å². The maximum absolute atomic E-state index is 5.47. The number of fused-ring (bicyclic) bond motifs is 1. The van der Waals surface area contributed by atoms with Gasteiger partial charge in [-0.05, 0) is 73.0 Å². The average molecular weight is 360 g/mol. The third-order valence-electron chi connectivity index (χ3n) is 5.27. The number of nitrogens with zero attached hydrogens (tertiary/aromatic N) is 4. The Morgan fingerprint density at radius 1 is 1.00 bits per heavy atom. The molecule has 1 aromatic heterocycles. The molecule has 2 heterocycles. The van der Waals surface area contributed by atoms with Gasteiger partial charge in [0.2, 0.25) is 0 Å². The maximum atomic E-state index is 5.47. The van der Waals surface area contributed by atoms with Crippen LogP contribution in [0.1, 0.15) is 24.0 Å². The summed E-state index contributed by atoms with van der Waals surface area (Å²) in [7, 11) is 1.69. The fraction of sp³-hybridized carbons (Fsp3) is 0.318. The van der Waals surface area contributed by atoms with E-state index in [1.807, 2.05) is 35.6 Å². The average Bonchev–Trinajstić information content (AvgIpc) is 3.23. The normalized spacial score (nSPS) is 14.4. The molecule has 2 aromatic carbocycles. The molecule has 138 valence electrons. The van der Waals surface area contributed by atoms with Gasteiger partial charge in [-0.3, -0.25) is 9.99 Å². The molecular weight excluding hydrogens is 336 g/mol. The quantitative estimate of drug-likeness (QED) is 0.567. The highest BCUT2D eigenvalue weighted by atomic mass is 16.5. The molecule has 0 unspecified atom stereocenters. The van der Waals surface area contributed by atoms with E-state index in [-0.39, 0.29) is 0 Å². The molecule has 0 N–H and O–H groups in total. The minimum Gasteiger partial charge on any atom is -0.497 e. The summed E-state index contributed by atoms with van der Waals surface area (Å²) in [5.41, 5.74) is 5.44. The van der Waals surface area contributed by atoms with Gasteiger partial charge in [0.1, 0.15) is 5.75 Å². The van der Waals surface area contributed by atoms with Crippen LogP contribution in [-0.2, 0) is 0 Å². The first-order valence-electron chi connectivity index (χ1n) is 9.36. The van der Waals surface area contributed by atoms with Gasteiger partial charge in [0.15, 0.2) is 0 Å². The van der Waals surface area contributed by atoms with Crippen molar-refractivity contribution in [3.8, 4) is 16.9 Å². The number of rotatable bonds is 4. The number of hydrogen-bond acceptors (Lipinski definition) is 4. The van der Waals surface area contributed by atoms with Crippen molar-refractivity contribution in [2.45, 2.75) is 26.7 Å². The summed E-state index contributed by atoms with van der Waals surface area (Å²) >= 11 is 0. The monoisotopic (exact) mass is 360 g/mol. The second kappa shape index (κ2) is 7.35. The Balaban J connectivity index is 1.87. The van der Waals surface area contributed by atoms with Crippen LogP contribution < -0.4 is 4.74 Å². The Bertz CT molecular complexity index is 1010. The first-order valence-corrected chi connectivity index (χ1v) is 9.36. The van der Waals surface area contributed by atoms with Crippen LogP contribution >= 0.6 is 0 Å². The second-order valence-corrected chi connectivity index (χ2v) is 7.02. The van der Waals surface area contributed by atoms with Gasteiger partial charge in [-0.15, -0.1) is 5.11 Å². The van der Waals surface area contributed by atoms with Crippen LogP contribution in [0.3, 0.4) is 0 Å². The predicted molar refractivity (Wildman–Crippen MR) is 109 cm³/mol. The fourth-order valence-corrected chi connectivity index (χ4v) is 3.71. The summed E-state index contributed by atoms with van der Waals surface area (Å²) < 4.78 is 5.47. The van der Waals surface area contributed by atoms with Gasteiger partial charge in [0, 0.05) is 36.4 Å². The third kappa shape index (κ3) is 3.37. The van der Waals surface area contributed by atoms with Gasteiger partial charge in [0.25, 0.3) is 0 Å². The van der Waals surface area contributed by atoms with Crippen molar-refractivity contribution in [3.63, 3.8) is 0 Å². The second-order valence-electron chi connectivity index (χ2n) is 7.02. The zero-order chi connectivity index (χ0) is 18.8. The summed E-state index contributed by atoms with van der Waals surface area (Å²) in [6.45, 7) is 6.24. The lowest BCUT2D eigenvalue weighted by atomic mass is 9.92. The van der Waals surface area contributed by atoms with E-state index in [1.165, 1.54) is 29.4 Å². The van der Waals surface area contributed by atoms with Crippen molar-refractivity contribution in [3.05, 3.63) is 53.9 Å². The van der Waals surface area contributed by atoms with E-state index in [0.717, 1.165) is 41.0 Å². The SMILES string of the molecule is COc1ccc(N=NN2CCCC2)c(-c2cc(C)c3ccncc3c2C)c1. The standard InChI is InChI=1S/C22H24N4O/c1-15-12-19(16(2)21-14-23-9-8-18(15)21)20-13-17(27-3)6-7-22(20)24-25-26-10-4-5-11-26/h6-9,12-14H,4-5,10-11H2,1-3H3. The Labute approximate surface area is 159 Å². The van der Waals surface area contributed by atoms with Crippen LogP contribution in [0.4, 0.5) is 5.69 Å². The fourth-order valence-electron chi connectivity index (χ4n) is 3.71. The van der Waals surface area contributed by atoms with E-state index in [1.54, 1.807) is 7.11 Å². The molecule has 4 rings (SSSR count). The molecule has 1 saturated heterocycles. The minimum atomic E-state index is 0.813. The van der Waals surface area contributed by atoms with Gasteiger partial charge in [-0.1, -0.05) is 11.3 Å². The number of aromatic nitrogens is 1. The van der Waals surface area contributed by atoms with E-state index in [9.17, 15) is 0 Å². The number of methoxy groups -OCH3 is 1. The van der Waals surface area contributed by atoms with Crippen LogP contribution in [0.2, 0.25) is 0 Å². The third-order valence-corrected chi connectivity index (χ3v) is 5.27. The summed E-state index contributed by atoms with van der Waals surface area (Å²) in [6.07, 6.45) is 6.15. The summed E-state index contributed by atoms with van der Waals surface area (Å²) in [5.74, 6) is 0.813. The van der Waals surface area contributed by atoms with Crippen molar-refractivity contribution < 1.29 is 4.74 Å². The molecule has 0 radical (unpaired) electrons. The zero-order valence-corrected chi connectivity index (χ0v) is 16.1. The number of benzene rings is 2. The minimum absolute atomic E-state index is 0.813. The van der Waals surface area contributed by atoms with E-state index in [4.69, 9.17) is 4.74 Å². The summed E-state index contributed by atoms with van der Waals surface area (Å²) in [6, 6.07) is 10.3. The van der Waals surface area contributed by atoms with Gasteiger partial charge in [0.05, 0.1) is 12.8 Å². The van der Waals surface area contributed by atoms with Crippen LogP contribution in [-0.4, -0.2) is 30.2 Å². The molecule has 1 aliphatic rings. The lowest BCUT2D eigenvalue weighted by Crippen LogP contribution is -2.09. The first-order chi connectivity index (χ1) is 13.2. The molecule has 0 bridgehead atoms. The summed E-state index contributed by atoms with van der Waals surface area (Å²) in [5, 5.41) is 13.5. The molecule has 0 amide bonds. The molecule has 0 aliphatic carbocycles.